The van der Waals surface area contributed by atoms with Crippen LogP contribution in [0, 0.1) is 11.8 Å². The van der Waals surface area contributed by atoms with Crippen LogP contribution in [-0.2, 0) is 4.79 Å². The van der Waals surface area contributed by atoms with E-state index in [1.54, 1.807) is 0 Å². The number of aliphatic hydroxyl groups excluding tert-OH is 1. The zero-order chi connectivity index (χ0) is 14.7. The van der Waals surface area contributed by atoms with Crippen molar-refractivity contribution >= 4 is 12.0 Å². The van der Waals surface area contributed by atoms with Gasteiger partial charge in [-0.25, -0.2) is 9.59 Å². The molecule has 2 fully saturated rings. The number of carboxylic acids is 1. The number of nitrogens with one attached hydrogen (secondary N) is 1. The van der Waals surface area contributed by atoms with Gasteiger partial charge in [-0.1, -0.05) is 19.8 Å². The molecule has 1 aliphatic heterocycles. The summed E-state index contributed by atoms with van der Waals surface area (Å²) >= 11 is 0. The van der Waals surface area contributed by atoms with E-state index in [9.17, 15) is 14.7 Å². The molecule has 1 aliphatic carbocycles. The molecule has 0 aromatic heterocycles. The van der Waals surface area contributed by atoms with E-state index in [1.807, 2.05) is 0 Å². The summed E-state index contributed by atoms with van der Waals surface area (Å²) in [5.41, 5.74) is 0. The minimum atomic E-state index is -1.05. The second-order valence-corrected chi connectivity index (χ2v) is 6.21. The maximum absolute atomic E-state index is 12.1. The van der Waals surface area contributed by atoms with Crippen molar-refractivity contribution in [3.05, 3.63) is 0 Å². The van der Waals surface area contributed by atoms with E-state index in [2.05, 4.69) is 12.2 Å². The molecule has 0 spiro atoms. The number of carbonyl (C=O) groups is 2. The van der Waals surface area contributed by atoms with Gasteiger partial charge in [0.1, 0.15) is 6.04 Å². The Bertz CT molecular complexity index is 366. The zero-order valence-electron chi connectivity index (χ0n) is 11.9. The molecular weight excluding hydrogens is 260 g/mol. The number of carboxylic acid groups (broad SMARTS) is 1. The smallest absolute Gasteiger partial charge is 0.326 e. The maximum Gasteiger partial charge on any atom is 0.326 e. The third kappa shape index (κ3) is 3.62. The van der Waals surface area contributed by atoms with Gasteiger partial charge in [0.15, 0.2) is 0 Å². The molecule has 2 aliphatic rings. The van der Waals surface area contributed by atoms with E-state index in [-0.39, 0.29) is 19.0 Å². The first-order valence-corrected chi connectivity index (χ1v) is 7.42. The Morgan fingerprint density at radius 2 is 1.90 bits per heavy atom. The number of likely N-dealkylation sites (tertiary alicyclic amines) is 1. The highest BCUT2D eigenvalue weighted by molar-refractivity contribution is 5.83. The molecule has 114 valence electrons. The Morgan fingerprint density at radius 3 is 2.50 bits per heavy atom. The van der Waals surface area contributed by atoms with Crippen LogP contribution in [0.2, 0.25) is 0 Å². The van der Waals surface area contributed by atoms with Crippen LogP contribution >= 0.6 is 0 Å². The number of hydrogen-bond donors (Lipinski definition) is 3. The highest BCUT2D eigenvalue weighted by Gasteiger charge is 2.39. The third-order valence-corrected chi connectivity index (χ3v) is 4.50. The molecule has 1 saturated carbocycles. The van der Waals surface area contributed by atoms with Gasteiger partial charge in [0.2, 0.25) is 0 Å². The first-order valence-electron chi connectivity index (χ1n) is 7.42. The van der Waals surface area contributed by atoms with Crippen LogP contribution in [-0.4, -0.2) is 52.3 Å². The molecule has 1 heterocycles. The van der Waals surface area contributed by atoms with Crippen LogP contribution in [0.4, 0.5) is 4.79 Å². The van der Waals surface area contributed by atoms with Crippen molar-refractivity contribution in [3.8, 4) is 0 Å². The van der Waals surface area contributed by atoms with Crippen LogP contribution in [0.15, 0.2) is 0 Å². The fraction of sp³-hybridized carbons (Fsp3) is 0.857. The summed E-state index contributed by atoms with van der Waals surface area (Å²) in [6.45, 7) is 2.95. The molecule has 2 unspecified atom stereocenters. The van der Waals surface area contributed by atoms with Crippen molar-refractivity contribution < 1.29 is 19.8 Å². The van der Waals surface area contributed by atoms with Crippen LogP contribution in [0.1, 0.15) is 39.0 Å². The van der Waals surface area contributed by atoms with Crippen molar-refractivity contribution in [3.63, 3.8) is 0 Å². The second kappa shape index (κ2) is 6.43. The summed E-state index contributed by atoms with van der Waals surface area (Å²) in [7, 11) is 0. The lowest BCUT2D eigenvalue weighted by atomic mass is 9.83. The lowest BCUT2D eigenvalue weighted by Crippen LogP contribution is -2.47. The van der Waals surface area contributed by atoms with Crippen molar-refractivity contribution in [2.24, 2.45) is 11.8 Å². The average molecular weight is 284 g/mol. The molecule has 0 radical (unpaired) electrons. The van der Waals surface area contributed by atoms with Gasteiger partial charge in [-0.2, -0.15) is 0 Å². The summed E-state index contributed by atoms with van der Waals surface area (Å²) in [6.07, 6.45) is 4.00. The number of rotatable bonds is 3. The summed E-state index contributed by atoms with van der Waals surface area (Å²) in [4.78, 5) is 24.4. The van der Waals surface area contributed by atoms with Crippen molar-refractivity contribution in [2.45, 2.75) is 51.2 Å². The number of β-amino-alcohol motifs (C(OH)–C–C–N with tert-alkyl or cyclic N) is 1. The molecule has 0 aromatic rings. The van der Waals surface area contributed by atoms with E-state index >= 15 is 0 Å². The Kier molecular flexibility index (Phi) is 4.86. The number of urea groups is 1. The van der Waals surface area contributed by atoms with E-state index < -0.39 is 18.1 Å². The first-order chi connectivity index (χ1) is 9.47. The molecule has 6 nitrogen and oxygen atoms in total. The zero-order valence-corrected chi connectivity index (χ0v) is 11.9. The third-order valence-electron chi connectivity index (χ3n) is 4.50. The van der Waals surface area contributed by atoms with Gasteiger partial charge in [-0.05, 0) is 24.7 Å². The molecule has 2 rings (SSSR count). The number of amides is 2. The van der Waals surface area contributed by atoms with Crippen molar-refractivity contribution in [1.29, 1.82) is 0 Å². The average Bonchev–Trinajstić information content (AvgIpc) is 2.80. The number of carbonyl (C=O) groups excluding carboxylic acids is 1. The molecular formula is C14H24N2O4. The Hall–Kier alpha value is -1.30. The molecule has 0 bridgehead atoms. The van der Waals surface area contributed by atoms with Gasteiger partial charge in [-0.3, -0.25) is 0 Å². The Morgan fingerprint density at radius 1 is 1.25 bits per heavy atom. The molecule has 2 atom stereocenters. The number of hydrogen-bond acceptors (Lipinski definition) is 3. The lowest BCUT2D eigenvalue weighted by Gasteiger charge is -2.28. The molecule has 0 aromatic carbocycles. The second-order valence-electron chi connectivity index (χ2n) is 6.21. The monoisotopic (exact) mass is 284 g/mol. The summed E-state index contributed by atoms with van der Waals surface area (Å²) in [5, 5.41) is 21.4. The minimum absolute atomic E-state index is 0.102. The van der Waals surface area contributed by atoms with E-state index in [0.29, 0.717) is 12.5 Å². The summed E-state index contributed by atoms with van der Waals surface area (Å²) in [5.74, 6) is 0.209. The van der Waals surface area contributed by atoms with Gasteiger partial charge in [0.05, 0.1) is 6.10 Å². The topological polar surface area (TPSA) is 89.9 Å². The minimum Gasteiger partial charge on any atom is -0.480 e. The molecule has 20 heavy (non-hydrogen) atoms. The fourth-order valence-electron chi connectivity index (χ4n) is 3.14. The normalized spacial score (nSPS) is 34.0. The quantitative estimate of drug-likeness (QED) is 0.722. The van der Waals surface area contributed by atoms with Crippen LogP contribution in [0.5, 0.6) is 0 Å². The SMILES string of the molecule is CC1CCC(CNC(=O)N2CC(O)CC2C(=O)O)CC1. The summed E-state index contributed by atoms with van der Waals surface area (Å²) in [6, 6.07) is -1.27. The van der Waals surface area contributed by atoms with E-state index in [4.69, 9.17) is 5.11 Å². The highest BCUT2D eigenvalue weighted by Crippen LogP contribution is 2.27. The van der Waals surface area contributed by atoms with Crippen molar-refractivity contribution in [1.82, 2.24) is 10.2 Å². The fourth-order valence-corrected chi connectivity index (χ4v) is 3.14. The van der Waals surface area contributed by atoms with Gasteiger partial charge in [-0.15, -0.1) is 0 Å². The standard InChI is InChI=1S/C14H24N2O4/c1-9-2-4-10(5-3-9)7-15-14(20)16-8-11(17)6-12(16)13(18)19/h9-12,17H,2-8H2,1H3,(H,15,20)(H,18,19). The van der Waals surface area contributed by atoms with Gasteiger partial charge >= 0.3 is 12.0 Å². The van der Waals surface area contributed by atoms with Crippen LogP contribution in [0.3, 0.4) is 0 Å². The highest BCUT2D eigenvalue weighted by atomic mass is 16.4. The first kappa shape index (κ1) is 15.1. The Balaban J connectivity index is 1.80. The predicted molar refractivity (Wildman–Crippen MR) is 73.3 cm³/mol. The Labute approximate surface area is 119 Å². The molecule has 6 heteroatoms. The van der Waals surface area contributed by atoms with E-state index in [0.717, 1.165) is 18.8 Å². The largest absolute Gasteiger partial charge is 0.480 e. The van der Waals surface area contributed by atoms with Crippen molar-refractivity contribution in [2.75, 3.05) is 13.1 Å². The lowest BCUT2D eigenvalue weighted by molar-refractivity contribution is -0.141. The van der Waals surface area contributed by atoms with Crippen LogP contribution in [0.25, 0.3) is 0 Å². The van der Waals surface area contributed by atoms with E-state index in [1.165, 1.54) is 17.7 Å². The van der Waals surface area contributed by atoms with Gasteiger partial charge in [0.25, 0.3) is 0 Å². The van der Waals surface area contributed by atoms with Gasteiger partial charge < -0.3 is 20.4 Å². The van der Waals surface area contributed by atoms with Gasteiger partial charge in [0, 0.05) is 19.5 Å². The van der Waals surface area contributed by atoms with Crippen LogP contribution < -0.4 is 5.32 Å². The maximum atomic E-state index is 12.1. The predicted octanol–water partition coefficient (Wildman–Crippen LogP) is 1.04. The number of aliphatic carboxylic acids is 1. The molecule has 3 N–H and O–H groups in total. The molecule has 2 amide bonds. The molecule has 1 saturated heterocycles. The number of aliphatic hydroxyl groups is 1. The summed E-state index contributed by atoms with van der Waals surface area (Å²) < 4.78 is 0. The number of nitrogens with zero attached hydrogens (tertiary/aromatic N) is 1.